The Kier molecular flexibility index (Phi) is 9.52. The lowest BCUT2D eigenvalue weighted by molar-refractivity contribution is -0.145. The van der Waals surface area contributed by atoms with Crippen LogP contribution in [-0.2, 0) is 43.5 Å². The van der Waals surface area contributed by atoms with Crippen LogP contribution in [0.4, 0.5) is 5.82 Å². The summed E-state index contributed by atoms with van der Waals surface area (Å²) in [6.07, 6.45) is 7.73. The van der Waals surface area contributed by atoms with Crippen molar-refractivity contribution in [2.75, 3.05) is 4.90 Å². The number of ether oxygens (including phenoxy) is 1. The molecule has 3 N–H and O–H groups in total. The molecular formula is C30H35N7O5. The minimum atomic E-state index is -1.04. The molecule has 1 fully saturated rings. The lowest BCUT2D eigenvalue weighted by Gasteiger charge is -2.29. The fourth-order valence-electron chi connectivity index (χ4n) is 5.56. The predicted molar refractivity (Wildman–Crippen MR) is 151 cm³/mol. The minimum Gasteiger partial charge on any atom is -0.461 e. The van der Waals surface area contributed by atoms with E-state index in [0.717, 1.165) is 36.8 Å². The largest absolute Gasteiger partial charge is 0.461 e. The minimum absolute atomic E-state index is 0.0226. The van der Waals surface area contributed by atoms with E-state index in [-0.39, 0.29) is 50.1 Å². The van der Waals surface area contributed by atoms with Gasteiger partial charge in [-0.25, -0.2) is 4.98 Å². The molecule has 1 aliphatic carbocycles. The molecule has 12 nitrogen and oxygen atoms in total. The monoisotopic (exact) mass is 573 g/mol. The van der Waals surface area contributed by atoms with Crippen molar-refractivity contribution in [1.82, 2.24) is 31.0 Å². The topological polar surface area (TPSA) is 159 Å². The highest BCUT2D eigenvalue weighted by Crippen LogP contribution is 2.32. The third-order valence-electron chi connectivity index (χ3n) is 7.73. The van der Waals surface area contributed by atoms with Gasteiger partial charge in [0, 0.05) is 25.5 Å². The van der Waals surface area contributed by atoms with Gasteiger partial charge in [-0.1, -0.05) is 49.2 Å². The molecule has 0 spiro atoms. The smallest absolute Gasteiger partial charge is 0.306 e. The first-order chi connectivity index (χ1) is 20.5. The summed E-state index contributed by atoms with van der Waals surface area (Å²) < 4.78 is 5.41. The number of carbonyl (C=O) groups is 4. The number of pyridine rings is 1. The van der Waals surface area contributed by atoms with Crippen LogP contribution in [0.3, 0.4) is 0 Å². The number of hydrogen-bond acceptors (Lipinski definition) is 8. The fraction of sp³-hybridized carbons (Fsp3) is 0.433. The number of aromatic amines is 1. The maximum atomic E-state index is 14.1. The summed E-state index contributed by atoms with van der Waals surface area (Å²) >= 11 is 0. The Hall–Kier alpha value is -4.61. The van der Waals surface area contributed by atoms with Gasteiger partial charge in [-0.15, -0.1) is 0 Å². The van der Waals surface area contributed by atoms with E-state index in [2.05, 4.69) is 31.0 Å². The van der Waals surface area contributed by atoms with Gasteiger partial charge < -0.3 is 15.4 Å². The lowest BCUT2D eigenvalue weighted by Crippen LogP contribution is -2.55. The third-order valence-corrected chi connectivity index (χ3v) is 7.73. The zero-order valence-electron chi connectivity index (χ0n) is 23.3. The van der Waals surface area contributed by atoms with Crippen molar-refractivity contribution in [3.63, 3.8) is 0 Å². The zero-order valence-corrected chi connectivity index (χ0v) is 23.3. The maximum Gasteiger partial charge on any atom is 0.306 e. The number of rotatable bonds is 12. The molecule has 0 bridgehead atoms. The molecule has 0 saturated heterocycles. The molecular weight excluding hydrogens is 538 g/mol. The number of hydrogen-bond donors (Lipinski definition) is 3. The van der Waals surface area contributed by atoms with Crippen molar-refractivity contribution in [1.29, 1.82) is 0 Å². The van der Waals surface area contributed by atoms with Crippen molar-refractivity contribution < 1.29 is 23.9 Å². The summed E-state index contributed by atoms with van der Waals surface area (Å²) in [5.41, 5.74) is 2.13. The number of H-pyrrole nitrogens is 1. The molecule has 1 saturated carbocycles. The first-order valence-corrected chi connectivity index (χ1v) is 14.4. The summed E-state index contributed by atoms with van der Waals surface area (Å²) in [6.45, 7) is 0.246. The van der Waals surface area contributed by atoms with Gasteiger partial charge in [0.05, 0.1) is 12.7 Å². The SMILES string of the molecule is O=C(CC1CCCC1)N[C@@H](CCC(=O)OCc1ccccc1)C(=O)N1c2ncccc2C[C@H]1C(=O)NCc1cn[nH]n1. The predicted octanol–water partition coefficient (Wildman–Crippen LogP) is 2.36. The van der Waals surface area contributed by atoms with Gasteiger partial charge in [-0.2, -0.15) is 15.4 Å². The van der Waals surface area contributed by atoms with Gasteiger partial charge in [-0.05, 0) is 42.4 Å². The standard InChI is InChI=1S/C30H35N7O5/c38-26(15-20-7-4-5-8-20)34-24(12-13-27(39)42-19-21-9-2-1-3-10-21)30(41)37-25(16-22-11-6-14-31-28(22)37)29(40)32-17-23-18-33-36-35-23/h1-3,6,9-11,14,18,20,24-25H,4-5,7-8,12-13,15-17,19H2,(H,32,40)(H,34,38)(H,33,35,36)/t24-,25-/m0/s1. The van der Waals surface area contributed by atoms with E-state index in [9.17, 15) is 19.2 Å². The van der Waals surface area contributed by atoms with Crippen LogP contribution >= 0.6 is 0 Å². The number of amides is 3. The Bertz CT molecular complexity index is 1380. The second-order valence-electron chi connectivity index (χ2n) is 10.8. The third kappa shape index (κ3) is 7.36. The Morgan fingerprint density at radius 1 is 1.07 bits per heavy atom. The van der Waals surface area contributed by atoms with Gasteiger partial charge >= 0.3 is 5.97 Å². The molecule has 3 aromatic rings. The van der Waals surface area contributed by atoms with Crippen molar-refractivity contribution in [3.05, 3.63) is 71.7 Å². The molecule has 2 atom stereocenters. The number of aromatic nitrogens is 4. The zero-order chi connectivity index (χ0) is 29.3. The quantitative estimate of drug-likeness (QED) is 0.279. The molecule has 1 aliphatic heterocycles. The summed E-state index contributed by atoms with van der Waals surface area (Å²) in [7, 11) is 0. The number of carbonyl (C=O) groups excluding carboxylic acids is 4. The lowest BCUT2D eigenvalue weighted by atomic mass is 10.0. The van der Waals surface area contributed by atoms with Crippen LogP contribution in [0.25, 0.3) is 0 Å². The molecule has 3 heterocycles. The Labute approximate surface area is 243 Å². The van der Waals surface area contributed by atoms with Crippen LogP contribution < -0.4 is 15.5 Å². The van der Waals surface area contributed by atoms with Crippen molar-refractivity contribution >= 4 is 29.5 Å². The van der Waals surface area contributed by atoms with Crippen LogP contribution in [-0.4, -0.2) is 56.2 Å². The fourth-order valence-corrected chi connectivity index (χ4v) is 5.56. The van der Waals surface area contributed by atoms with Gasteiger partial charge in [0.15, 0.2) is 0 Å². The molecule has 5 rings (SSSR count). The molecule has 0 unspecified atom stereocenters. The summed E-state index contributed by atoms with van der Waals surface area (Å²) in [6, 6.07) is 11.0. The molecule has 0 radical (unpaired) electrons. The molecule has 1 aromatic carbocycles. The Morgan fingerprint density at radius 3 is 2.64 bits per heavy atom. The van der Waals surface area contributed by atoms with Gasteiger partial charge in [0.1, 0.15) is 30.2 Å². The first kappa shape index (κ1) is 28.9. The Morgan fingerprint density at radius 2 is 1.88 bits per heavy atom. The average molecular weight is 574 g/mol. The molecule has 2 aliphatic rings. The van der Waals surface area contributed by atoms with Crippen molar-refractivity contribution in [2.24, 2.45) is 5.92 Å². The first-order valence-electron chi connectivity index (χ1n) is 14.4. The normalized spacial score (nSPS) is 17.0. The van der Waals surface area contributed by atoms with E-state index in [4.69, 9.17) is 4.74 Å². The highest BCUT2D eigenvalue weighted by atomic mass is 16.5. The summed E-state index contributed by atoms with van der Waals surface area (Å²) in [4.78, 5) is 58.9. The van der Waals surface area contributed by atoms with Crippen LogP contribution in [0.15, 0.2) is 54.9 Å². The van der Waals surface area contributed by atoms with E-state index in [1.807, 2.05) is 36.4 Å². The maximum absolute atomic E-state index is 14.1. The number of nitrogens with zero attached hydrogens (tertiary/aromatic N) is 4. The van der Waals surface area contributed by atoms with E-state index in [0.29, 0.717) is 17.9 Å². The Balaban J connectivity index is 1.30. The van der Waals surface area contributed by atoms with Crippen LogP contribution in [0.1, 0.15) is 61.8 Å². The molecule has 3 amide bonds. The highest BCUT2D eigenvalue weighted by molar-refractivity contribution is 6.06. The van der Waals surface area contributed by atoms with Crippen molar-refractivity contribution in [2.45, 2.75) is 76.6 Å². The molecule has 42 heavy (non-hydrogen) atoms. The van der Waals surface area contributed by atoms with E-state index in [1.54, 1.807) is 12.3 Å². The van der Waals surface area contributed by atoms with Crippen LogP contribution in [0.2, 0.25) is 0 Å². The number of nitrogens with one attached hydrogen (secondary N) is 3. The van der Waals surface area contributed by atoms with Crippen LogP contribution in [0, 0.1) is 5.92 Å². The van der Waals surface area contributed by atoms with Crippen molar-refractivity contribution in [3.8, 4) is 0 Å². The van der Waals surface area contributed by atoms with Gasteiger partial charge in [-0.3, -0.25) is 24.1 Å². The number of anilines is 1. The number of fused-ring (bicyclic) bond motifs is 1. The number of benzene rings is 1. The van der Waals surface area contributed by atoms with Gasteiger partial charge in [0.25, 0.3) is 5.91 Å². The second kappa shape index (κ2) is 13.8. The van der Waals surface area contributed by atoms with E-state index < -0.39 is 24.0 Å². The second-order valence-corrected chi connectivity index (χ2v) is 10.8. The van der Waals surface area contributed by atoms with Gasteiger partial charge in [0.2, 0.25) is 11.8 Å². The molecule has 220 valence electrons. The van der Waals surface area contributed by atoms with Crippen LogP contribution in [0.5, 0.6) is 0 Å². The average Bonchev–Trinajstić information content (AvgIpc) is 3.79. The summed E-state index contributed by atoms with van der Waals surface area (Å²) in [5.74, 6) is -0.965. The molecule has 12 heteroatoms. The molecule has 2 aromatic heterocycles. The van der Waals surface area contributed by atoms with E-state index in [1.165, 1.54) is 11.1 Å². The van der Waals surface area contributed by atoms with E-state index >= 15 is 0 Å². The summed E-state index contributed by atoms with van der Waals surface area (Å²) in [5, 5.41) is 15.9. The number of esters is 1. The highest BCUT2D eigenvalue weighted by Gasteiger charge is 2.42.